The van der Waals surface area contributed by atoms with Crippen molar-refractivity contribution in [3.63, 3.8) is 0 Å². The predicted molar refractivity (Wildman–Crippen MR) is 90.2 cm³/mol. The minimum Gasteiger partial charge on any atom is -0.484 e. The topological polar surface area (TPSA) is 65.7 Å². The lowest BCUT2D eigenvalue weighted by molar-refractivity contribution is -0.156. The summed E-state index contributed by atoms with van der Waals surface area (Å²) in [6.45, 7) is 7.26. The minimum atomic E-state index is -0.681. The molecule has 0 unspecified atom stereocenters. The molecule has 0 amide bonds. The number of hydrogen-bond acceptors (Lipinski definition) is 5. The van der Waals surface area contributed by atoms with Crippen molar-refractivity contribution < 1.29 is 18.7 Å². The number of hydrogen-bond donors (Lipinski definition) is 0. The van der Waals surface area contributed by atoms with Crippen molar-refractivity contribution in [3.05, 3.63) is 51.9 Å². The average molecular weight is 328 g/mol. The van der Waals surface area contributed by atoms with Crippen molar-refractivity contribution in [2.24, 2.45) is 0 Å². The highest BCUT2D eigenvalue weighted by atomic mass is 16.6. The van der Waals surface area contributed by atoms with Gasteiger partial charge in [-0.2, -0.15) is 0 Å². The zero-order valence-electron chi connectivity index (χ0n) is 14.2. The fraction of sp³-hybridized carbons (Fsp3) is 0.368. The lowest BCUT2D eigenvalue weighted by atomic mass is 9.90. The number of ether oxygens (including phenoxy) is 2. The molecule has 1 aliphatic heterocycles. The largest absolute Gasteiger partial charge is 0.484 e. The van der Waals surface area contributed by atoms with E-state index in [1.807, 2.05) is 26.0 Å². The van der Waals surface area contributed by atoms with E-state index in [4.69, 9.17) is 13.9 Å². The van der Waals surface area contributed by atoms with E-state index in [1.165, 1.54) is 6.07 Å². The van der Waals surface area contributed by atoms with Crippen molar-refractivity contribution >= 4 is 16.9 Å². The molecule has 1 aromatic heterocycles. The van der Waals surface area contributed by atoms with Crippen LogP contribution >= 0.6 is 0 Å². The fourth-order valence-corrected chi connectivity index (χ4v) is 2.76. The number of esters is 1. The molecule has 1 aliphatic rings. The van der Waals surface area contributed by atoms with Crippen LogP contribution in [0.3, 0.4) is 0 Å². The van der Waals surface area contributed by atoms with Crippen LogP contribution in [-0.4, -0.2) is 17.7 Å². The highest BCUT2D eigenvalue weighted by Gasteiger charge is 2.41. The first kappa shape index (κ1) is 16.3. The molecule has 1 aromatic carbocycles. The molecule has 3 rings (SSSR count). The van der Waals surface area contributed by atoms with Crippen LogP contribution in [0.2, 0.25) is 0 Å². The van der Waals surface area contributed by atoms with Crippen LogP contribution in [-0.2, 0) is 16.0 Å². The Hall–Kier alpha value is -2.56. The van der Waals surface area contributed by atoms with Crippen molar-refractivity contribution in [3.8, 4) is 5.75 Å². The van der Waals surface area contributed by atoms with Gasteiger partial charge < -0.3 is 13.9 Å². The Morgan fingerprint density at radius 1 is 1.29 bits per heavy atom. The van der Waals surface area contributed by atoms with Gasteiger partial charge in [0.15, 0.2) is 0 Å². The Morgan fingerprint density at radius 3 is 2.71 bits per heavy atom. The summed E-state index contributed by atoms with van der Waals surface area (Å²) in [6, 6.07) is 6.81. The van der Waals surface area contributed by atoms with Gasteiger partial charge in [-0.1, -0.05) is 6.08 Å². The summed E-state index contributed by atoms with van der Waals surface area (Å²) in [6.07, 6.45) is 1.65. The Balaban J connectivity index is 2.04. The van der Waals surface area contributed by atoms with E-state index in [-0.39, 0.29) is 5.97 Å². The van der Waals surface area contributed by atoms with Crippen LogP contribution in [0.5, 0.6) is 5.75 Å². The molecule has 0 bridgehead atoms. The summed E-state index contributed by atoms with van der Waals surface area (Å²) in [5.74, 6) is 0.279. The quantitative estimate of drug-likeness (QED) is 0.480. The number of carbonyl (C=O) groups excluding carboxylic acids is 1. The maximum absolute atomic E-state index is 12.1. The van der Waals surface area contributed by atoms with Crippen molar-refractivity contribution in [2.45, 2.75) is 45.8 Å². The van der Waals surface area contributed by atoms with Crippen LogP contribution < -0.4 is 10.4 Å². The monoisotopic (exact) mass is 328 g/mol. The lowest BCUT2D eigenvalue weighted by Crippen LogP contribution is -2.49. The zero-order valence-corrected chi connectivity index (χ0v) is 14.2. The van der Waals surface area contributed by atoms with Gasteiger partial charge in [-0.05, 0) is 45.9 Å². The third kappa shape index (κ3) is 2.82. The van der Waals surface area contributed by atoms with Crippen molar-refractivity contribution in [1.29, 1.82) is 0 Å². The Kier molecular flexibility index (Phi) is 3.95. The molecule has 1 atom stereocenters. The molecular formula is C19H20O5. The first-order valence-corrected chi connectivity index (χ1v) is 7.90. The maximum Gasteiger partial charge on any atom is 0.336 e. The SMILES string of the molecule is CC=C(C)C(=O)O[C@@H]1Cc2c(ccc3ccc(=O)oc23)OC1(C)C. The number of rotatable bonds is 2. The van der Waals surface area contributed by atoms with Gasteiger partial charge in [-0.25, -0.2) is 9.59 Å². The van der Waals surface area contributed by atoms with Crippen molar-refractivity contribution in [1.82, 2.24) is 0 Å². The van der Waals surface area contributed by atoms with E-state index in [1.54, 1.807) is 26.0 Å². The molecule has 126 valence electrons. The molecule has 0 fully saturated rings. The third-order valence-corrected chi connectivity index (χ3v) is 4.39. The summed E-state index contributed by atoms with van der Waals surface area (Å²) in [5, 5.41) is 0.811. The molecule has 0 saturated heterocycles. The van der Waals surface area contributed by atoms with Crippen LogP contribution in [0.1, 0.15) is 33.3 Å². The highest BCUT2D eigenvalue weighted by molar-refractivity contribution is 5.88. The fourth-order valence-electron chi connectivity index (χ4n) is 2.76. The van der Waals surface area contributed by atoms with E-state index in [2.05, 4.69) is 0 Å². The first-order valence-electron chi connectivity index (χ1n) is 7.90. The van der Waals surface area contributed by atoms with E-state index >= 15 is 0 Å². The summed E-state index contributed by atoms with van der Waals surface area (Å²) in [7, 11) is 0. The normalized spacial score (nSPS) is 19.5. The third-order valence-electron chi connectivity index (χ3n) is 4.39. The van der Waals surface area contributed by atoms with Gasteiger partial charge in [-0.15, -0.1) is 0 Å². The highest BCUT2D eigenvalue weighted by Crippen LogP contribution is 2.38. The van der Waals surface area contributed by atoms with E-state index < -0.39 is 17.3 Å². The molecular weight excluding hydrogens is 308 g/mol. The molecule has 0 N–H and O–H groups in total. The average Bonchev–Trinajstić information content (AvgIpc) is 2.54. The molecule has 5 heteroatoms. The van der Waals surface area contributed by atoms with E-state index in [0.717, 1.165) is 10.9 Å². The molecule has 2 aromatic rings. The van der Waals surface area contributed by atoms with Crippen LogP contribution in [0.15, 0.2) is 45.1 Å². The van der Waals surface area contributed by atoms with Gasteiger partial charge in [0, 0.05) is 29.0 Å². The van der Waals surface area contributed by atoms with Gasteiger partial charge in [-0.3, -0.25) is 0 Å². The van der Waals surface area contributed by atoms with Crippen LogP contribution in [0.25, 0.3) is 11.0 Å². The molecule has 24 heavy (non-hydrogen) atoms. The summed E-state index contributed by atoms with van der Waals surface area (Å²) < 4.78 is 17.0. The Morgan fingerprint density at radius 2 is 2.00 bits per heavy atom. The maximum atomic E-state index is 12.1. The number of allylic oxidation sites excluding steroid dienone is 1. The minimum absolute atomic E-state index is 0.371. The van der Waals surface area contributed by atoms with E-state index in [9.17, 15) is 9.59 Å². The molecule has 0 saturated carbocycles. The lowest BCUT2D eigenvalue weighted by Gasteiger charge is -2.39. The van der Waals surface area contributed by atoms with Crippen LogP contribution in [0, 0.1) is 0 Å². The summed E-state index contributed by atoms with van der Waals surface area (Å²) >= 11 is 0. The van der Waals surface area contributed by atoms with Gasteiger partial charge in [0.05, 0.1) is 0 Å². The van der Waals surface area contributed by atoms with Gasteiger partial charge >= 0.3 is 11.6 Å². The number of benzene rings is 1. The summed E-state index contributed by atoms with van der Waals surface area (Å²) in [4.78, 5) is 23.7. The molecule has 5 nitrogen and oxygen atoms in total. The van der Waals surface area contributed by atoms with Gasteiger partial charge in [0.2, 0.25) is 0 Å². The second kappa shape index (κ2) is 5.82. The standard InChI is InChI=1S/C19H20O5/c1-5-11(2)18(21)22-15-10-13-14(24-19(15,3)4)8-6-12-7-9-16(20)23-17(12)13/h5-9,15H,10H2,1-4H3/t15-/m1/s1. The second-order valence-electron chi connectivity index (χ2n) is 6.49. The number of fused-ring (bicyclic) bond motifs is 3. The summed E-state index contributed by atoms with van der Waals surface area (Å²) in [5.41, 5.74) is 0.680. The van der Waals surface area contributed by atoms with Gasteiger partial charge in [0.1, 0.15) is 23.0 Å². The molecule has 2 heterocycles. The second-order valence-corrected chi connectivity index (χ2v) is 6.49. The predicted octanol–water partition coefficient (Wildman–Crippen LogP) is 3.38. The molecule has 0 aliphatic carbocycles. The van der Waals surface area contributed by atoms with E-state index in [0.29, 0.717) is 23.3 Å². The van der Waals surface area contributed by atoms with Crippen LogP contribution in [0.4, 0.5) is 0 Å². The number of carbonyl (C=O) groups is 1. The first-order chi connectivity index (χ1) is 11.3. The molecule has 0 spiro atoms. The van der Waals surface area contributed by atoms with Gasteiger partial charge in [0.25, 0.3) is 0 Å². The molecule has 0 radical (unpaired) electrons. The zero-order chi connectivity index (χ0) is 17.5. The Labute approximate surface area is 139 Å². The van der Waals surface area contributed by atoms with Crippen molar-refractivity contribution in [2.75, 3.05) is 0 Å². The smallest absolute Gasteiger partial charge is 0.336 e. The Bertz CT molecular complexity index is 888.